The van der Waals surface area contributed by atoms with Crippen LogP contribution in [0, 0.1) is 29.6 Å². The molecule has 0 atom stereocenters. The molecule has 1 amide bonds. The molecule has 0 unspecified atom stereocenters. The van der Waals surface area contributed by atoms with Gasteiger partial charge in [0.25, 0.3) is 40.5 Å². The molecule has 7 rings (SSSR count). The van der Waals surface area contributed by atoms with E-state index < -0.39 is 40.5 Å². The Kier molecular flexibility index (Phi) is 15.8. The normalized spacial score (nSPS) is 12.0. The number of hydrazine groups is 1. The number of benzene rings is 5. The van der Waals surface area contributed by atoms with Crippen LogP contribution in [-0.2, 0) is 62.0 Å². The number of thiophene rings is 1. The minimum atomic E-state index is -4.46. The summed E-state index contributed by atoms with van der Waals surface area (Å²) < 4.78 is 121. The Morgan fingerprint density at radius 2 is 1.12 bits per heavy atom. The molecule has 0 saturated heterocycles. The summed E-state index contributed by atoms with van der Waals surface area (Å²) in [5.41, 5.74) is 7.82. The van der Waals surface area contributed by atoms with E-state index in [9.17, 15) is 49.0 Å². The van der Waals surface area contributed by atoms with Crippen molar-refractivity contribution in [3.05, 3.63) is 120 Å². The van der Waals surface area contributed by atoms with E-state index >= 15 is 0 Å². The van der Waals surface area contributed by atoms with Crippen molar-refractivity contribution < 1.29 is 55.2 Å². The molecule has 2 heterocycles. The highest BCUT2D eigenvalue weighted by atomic mass is 32.2. The van der Waals surface area contributed by atoms with Gasteiger partial charge in [0.15, 0.2) is 16.6 Å². The zero-order valence-corrected chi connectivity index (χ0v) is 43.5. The second kappa shape index (κ2) is 21.7. The van der Waals surface area contributed by atoms with Crippen molar-refractivity contribution in [1.29, 1.82) is 10.5 Å². The second-order valence-electron chi connectivity index (χ2n) is 15.2. The number of carbonyl (C=O) groups excluding carboxylic acids is 1. The van der Waals surface area contributed by atoms with E-state index in [1.165, 1.54) is 85.8 Å². The van der Waals surface area contributed by atoms with E-state index in [1.807, 2.05) is 0 Å². The minimum absolute atomic E-state index is 0.00124. The highest BCUT2D eigenvalue weighted by Crippen LogP contribution is 2.47. The maximum atomic E-state index is 13.3. The van der Waals surface area contributed by atoms with E-state index in [0.717, 1.165) is 39.8 Å². The van der Waals surface area contributed by atoms with Gasteiger partial charge >= 0.3 is 0 Å². The molecule has 0 radical (unpaired) electrons. The average molecular weight is 1100 g/mol. The van der Waals surface area contributed by atoms with Gasteiger partial charge in [-0.15, -0.1) is 10.2 Å². The lowest BCUT2D eigenvalue weighted by molar-refractivity contribution is -0.114. The molecule has 0 aliphatic rings. The van der Waals surface area contributed by atoms with Gasteiger partial charge in [0.2, 0.25) is 5.91 Å². The molecule has 5 aromatic carbocycles. The summed E-state index contributed by atoms with van der Waals surface area (Å²) in [5, 5.41) is 39.3. The smallest absolute Gasteiger partial charge is 0.297 e. The second-order valence-corrected chi connectivity index (χ2v) is 23.0. The van der Waals surface area contributed by atoms with Crippen LogP contribution in [0.25, 0.3) is 21.9 Å². The number of pyridine rings is 1. The van der Waals surface area contributed by atoms with Gasteiger partial charge in [-0.05, 0) is 91.3 Å². The molecular weight excluding hydrogens is 1060 g/mol. The molecule has 0 bridgehead atoms. The van der Waals surface area contributed by atoms with Crippen LogP contribution in [0.1, 0.15) is 23.6 Å². The molecule has 382 valence electrons. The van der Waals surface area contributed by atoms with Gasteiger partial charge in [0, 0.05) is 45.9 Å². The van der Waals surface area contributed by atoms with Gasteiger partial charge in [-0.25, -0.2) is 4.98 Å². The van der Waals surface area contributed by atoms with Crippen molar-refractivity contribution in [1.82, 2.24) is 4.98 Å². The number of nitrogens with zero attached hydrogens (tertiary/aromatic N) is 5. The Morgan fingerprint density at radius 1 is 0.595 bits per heavy atom. The largest absolute Gasteiger partial charge is 0.339 e. The van der Waals surface area contributed by atoms with Crippen molar-refractivity contribution >= 4 is 119 Å². The first-order valence-corrected chi connectivity index (χ1v) is 27.4. The summed E-state index contributed by atoms with van der Waals surface area (Å²) in [5.74, 6) is -0.365. The molecule has 0 aliphatic heterocycles. The molecular formula is C46H40N10O13S5. The fourth-order valence-corrected chi connectivity index (χ4v) is 11.1. The monoisotopic (exact) mass is 1100 g/mol. The number of hydrogen-bond donors (Lipinski definition) is 5. The zero-order chi connectivity index (χ0) is 53.8. The molecule has 0 aliphatic carbocycles. The molecule has 23 nitrogen and oxygen atoms in total. The molecule has 2 aromatic heterocycles. The third-order valence-corrected chi connectivity index (χ3v) is 16.9. The van der Waals surface area contributed by atoms with Crippen LogP contribution in [-0.4, -0.2) is 73.0 Å². The van der Waals surface area contributed by atoms with Crippen LogP contribution in [0.5, 0.6) is 0 Å². The van der Waals surface area contributed by atoms with Crippen LogP contribution in [0.3, 0.4) is 0 Å². The van der Waals surface area contributed by atoms with Crippen molar-refractivity contribution in [2.75, 3.05) is 55.2 Å². The topological polar surface area (TPSA) is 336 Å². The van der Waals surface area contributed by atoms with Crippen LogP contribution in [0.15, 0.2) is 133 Å². The summed E-state index contributed by atoms with van der Waals surface area (Å²) in [6, 6.07) is 28.1. The fourth-order valence-electron chi connectivity index (χ4n) is 7.11. The number of amides is 1. The van der Waals surface area contributed by atoms with Crippen LogP contribution >= 0.6 is 11.3 Å². The van der Waals surface area contributed by atoms with E-state index in [0.29, 0.717) is 22.6 Å². The lowest BCUT2D eigenvalue weighted by Gasteiger charge is -2.16. The van der Waals surface area contributed by atoms with E-state index in [-0.39, 0.29) is 91.5 Å². The van der Waals surface area contributed by atoms with Crippen LogP contribution in [0.4, 0.5) is 50.1 Å². The fraction of sp³-hybridized carbons (Fsp3) is 0.130. The lowest BCUT2D eigenvalue weighted by Crippen LogP contribution is -2.11. The molecule has 74 heavy (non-hydrogen) atoms. The third kappa shape index (κ3) is 11.3. The molecule has 28 heteroatoms. The highest BCUT2D eigenvalue weighted by molar-refractivity contribution is 7.87. The SMILES string of the molecule is COS(=O)(=O)c1ccc(Nc2nc(Nc3ccc(S(=O)(=O)OC)cc3)c(N=Nc3sc(NNc4cc(S(=O)(=O)OC)c5cccc(S(=O)(=O)OC)c5c4)c(-c4ccc(NC(C)=O)cc4)c3C#N)c(C)c2C#N)cc1. The lowest BCUT2D eigenvalue weighted by atomic mass is 10.0. The van der Waals surface area contributed by atoms with Crippen LogP contribution in [0.2, 0.25) is 0 Å². The van der Waals surface area contributed by atoms with Crippen molar-refractivity contribution in [3.8, 4) is 23.3 Å². The first-order valence-electron chi connectivity index (χ1n) is 21.0. The highest BCUT2D eigenvalue weighted by Gasteiger charge is 2.26. The number of azo groups is 1. The van der Waals surface area contributed by atoms with Gasteiger partial charge in [-0.2, -0.15) is 44.2 Å². The van der Waals surface area contributed by atoms with Crippen LogP contribution < -0.4 is 26.8 Å². The molecule has 0 fully saturated rings. The zero-order valence-electron chi connectivity index (χ0n) is 39.4. The van der Waals surface area contributed by atoms with E-state index in [2.05, 4.69) is 62.5 Å². The van der Waals surface area contributed by atoms with Crippen molar-refractivity contribution in [3.63, 3.8) is 0 Å². The quantitative estimate of drug-likeness (QED) is 0.0287. The Hall–Kier alpha value is -7.90. The number of hydrogen-bond acceptors (Lipinski definition) is 23. The number of nitriles is 2. The molecule has 0 saturated carbocycles. The van der Waals surface area contributed by atoms with Gasteiger partial charge in [0.1, 0.15) is 38.2 Å². The predicted molar refractivity (Wildman–Crippen MR) is 274 cm³/mol. The summed E-state index contributed by atoms with van der Waals surface area (Å²) in [6.45, 7) is 2.89. The summed E-state index contributed by atoms with van der Waals surface area (Å²) in [7, 11) is -13.0. The first-order chi connectivity index (χ1) is 35.1. The summed E-state index contributed by atoms with van der Waals surface area (Å²) in [4.78, 5) is 15.5. The van der Waals surface area contributed by atoms with Gasteiger partial charge in [-0.1, -0.05) is 35.6 Å². The summed E-state index contributed by atoms with van der Waals surface area (Å²) in [6.07, 6.45) is 0. The van der Waals surface area contributed by atoms with Crippen molar-refractivity contribution in [2.45, 2.75) is 33.4 Å². The maximum Gasteiger partial charge on any atom is 0.297 e. The number of carbonyl (C=O) groups is 1. The van der Waals surface area contributed by atoms with Gasteiger partial charge in [0.05, 0.1) is 49.5 Å². The number of rotatable bonds is 19. The number of nitrogens with one attached hydrogen (secondary N) is 5. The third-order valence-electron chi connectivity index (χ3n) is 10.7. The minimum Gasteiger partial charge on any atom is -0.339 e. The molecule has 7 aromatic rings. The predicted octanol–water partition coefficient (Wildman–Crippen LogP) is 8.66. The Bertz CT molecular complexity index is 3940. The Labute approximate surface area is 428 Å². The standard InChI is InChI=1S/C46H40N10O13S5/c1-26-37(24-47)43(50-30-14-18-33(19-15-30)71(58,59)66-3)52-44(51-31-16-20-34(21-17-31)72(60,61)67-4)42(26)54-55-45-38(25-48)41(28-10-12-29(13-11-28)49-27(2)57)46(70-45)56-53-32-22-36-35(40(23-32)74(64,65)69-6)8-7-9-39(36)73(62,63)68-5/h7-23,53,56H,1-6H3,(H,49,57)(H2,50,51,52). The van der Waals surface area contributed by atoms with Gasteiger partial charge in [-0.3, -0.25) is 27.0 Å². The van der Waals surface area contributed by atoms with E-state index in [4.69, 9.17) is 8.37 Å². The summed E-state index contributed by atoms with van der Waals surface area (Å²) >= 11 is 0.905. The Morgan fingerprint density at radius 3 is 1.65 bits per heavy atom. The van der Waals surface area contributed by atoms with E-state index in [1.54, 1.807) is 31.2 Å². The number of aromatic nitrogens is 1. The average Bonchev–Trinajstić information content (AvgIpc) is 3.74. The maximum absolute atomic E-state index is 13.3. The van der Waals surface area contributed by atoms with Gasteiger partial charge < -0.3 is 21.4 Å². The number of anilines is 7. The Balaban J connectivity index is 1.37. The molecule has 5 N–H and O–H groups in total. The van der Waals surface area contributed by atoms with Crippen molar-refractivity contribution in [2.24, 2.45) is 10.2 Å². The molecule has 0 spiro atoms. The number of fused-ring (bicyclic) bond motifs is 1. The first kappa shape index (κ1) is 53.9.